The third kappa shape index (κ3) is 1.97. The van der Waals surface area contributed by atoms with Crippen LogP contribution in [0.1, 0.15) is 20.7 Å². The Morgan fingerprint density at radius 1 is 1.00 bits per heavy atom. The van der Waals surface area contributed by atoms with Gasteiger partial charge in [-0.3, -0.25) is 34.0 Å². The number of fused-ring (bicyclic) bond motifs is 1. The molecule has 8 heteroatoms. The molecule has 22 heavy (non-hydrogen) atoms. The zero-order valence-corrected chi connectivity index (χ0v) is 11.1. The normalized spacial score (nSPS) is 13.4. The van der Waals surface area contributed by atoms with Crippen molar-refractivity contribution in [1.82, 2.24) is 9.47 Å². The third-order valence-electron chi connectivity index (χ3n) is 3.37. The van der Waals surface area contributed by atoms with Gasteiger partial charge in [-0.15, -0.1) is 0 Å². The number of carbonyl (C=O) groups excluding carboxylic acids is 2. The number of rotatable bonds is 3. The largest absolute Gasteiger partial charge is 0.297 e. The molecule has 1 aliphatic rings. The number of hydrogen-bond donors (Lipinski definition) is 0. The van der Waals surface area contributed by atoms with Crippen LogP contribution in [0, 0.1) is 10.1 Å². The molecular weight excluding hydrogens is 290 g/mol. The fraction of sp³-hybridized carbons (Fsp3) is 0.0714. The number of aromatic nitrogens is 1. The predicted molar refractivity (Wildman–Crippen MR) is 74.3 cm³/mol. The summed E-state index contributed by atoms with van der Waals surface area (Å²) in [5.41, 5.74) is -1.06. The average molecular weight is 299 g/mol. The summed E-state index contributed by atoms with van der Waals surface area (Å²) < 4.78 is 1.17. The standard InChI is InChI=1S/C14H9N3O5/c18-11-6-1-2-7-15(11)8-16-13(19)9-4-3-5-10(17(21)22)12(9)14(16)20/h1-7H,8H2. The molecule has 0 radical (unpaired) electrons. The average Bonchev–Trinajstić information content (AvgIpc) is 2.74. The van der Waals surface area contributed by atoms with E-state index in [0.717, 1.165) is 4.90 Å². The summed E-state index contributed by atoms with van der Waals surface area (Å²) >= 11 is 0. The Bertz CT molecular complexity index is 871. The summed E-state index contributed by atoms with van der Waals surface area (Å²) in [5, 5.41) is 11.0. The summed E-state index contributed by atoms with van der Waals surface area (Å²) in [6.45, 7) is -0.289. The Morgan fingerprint density at radius 2 is 1.77 bits per heavy atom. The van der Waals surface area contributed by atoms with E-state index in [1.54, 1.807) is 6.07 Å². The molecule has 8 nitrogen and oxygen atoms in total. The number of nitro groups is 1. The SMILES string of the molecule is O=C1c2cccc([N+](=O)[O-])c2C(=O)N1Cn1ccccc1=O. The number of amides is 2. The van der Waals surface area contributed by atoms with Crippen LogP contribution in [0.4, 0.5) is 5.69 Å². The highest BCUT2D eigenvalue weighted by atomic mass is 16.6. The smallest absolute Gasteiger partial charge is 0.282 e. The summed E-state index contributed by atoms with van der Waals surface area (Å²) in [6.07, 6.45) is 1.43. The number of benzene rings is 1. The van der Waals surface area contributed by atoms with E-state index in [0.29, 0.717) is 0 Å². The highest BCUT2D eigenvalue weighted by Crippen LogP contribution is 2.30. The molecule has 0 saturated heterocycles. The molecule has 110 valence electrons. The molecule has 0 atom stereocenters. The van der Waals surface area contributed by atoms with Crippen molar-refractivity contribution in [3.8, 4) is 0 Å². The molecule has 1 aromatic heterocycles. The molecule has 0 fully saturated rings. The minimum Gasteiger partial charge on any atom is -0.297 e. The zero-order chi connectivity index (χ0) is 15.9. The molecular formula is C14H9N3O5. The minimum atomic E-state index is -0.775. The van der Waals surface area contributed by atoms with Crippen molar-refractivity contribution in [3.05, 3.63) is 74.2 Å². The molecule has 0 unspecified atom stereocenters. The number of imide groups is 1. The van der Waals surface area contributed by atoms with Gasteiger partial charge >= 0.3 is 0 Å². The van der Waals surface area contributed by atoms with Crippen molar-refractivity contribution >= 4 is 17.5 Å². The van der Waals surface area contributed by atoms with E-state index < -0.39 is 22.4 Å². The van der Waals surface area contributed by atoms with Crippen molar-refractivity contribution in [2.45, 2.75) is 6.67 Å². The van der Waals surface area contributed by atoms with Crippen LogP contribution in [0.15, 0.2) is 47.4 Å². The molecule has 0 aliphatic carbocycles. The quantitative estimate of drug-likeness (QED) is 0.478. The maximum absolute atomic E-state index is 12.3. The van der Waals surface area contributed by atoms with Crippen LogP contribution in [0.3, 0.4) is 0 Å². The molecule has 0 spiro atoms. The Labute approximate surface area is 123 Å². The molecule has 2 heterocycles. The van der Waals surface area contributed by atoms with Crippen LogP contribution in [-0.4, -0.2) is 26.2 Å². The van der Waals surface area contributed by atoms with Gasteiger partial charge in [0.1, 0.15) is 12.2 Å². The molecule has 2 aromatic rings. The second-order valence-corrected chi connectivity index (χ2v) is 4.65. The van der Waals surface area contributed by atoms with Crippen LogP contribution < -0.4 is 5.56 Å². The zero-order valence-electron chi connectivity index (χ0n) is 11.1. The van der Waals surface area contributed by atoms with Gasteiger partial charge in [0.25, 0.3) is 23.1 Å². The maximum atomic E-state index is 12.3. The fourth-order valence-corrected chi connectivity index (χ4v) is 2.33. The van der Waals surface area contributed by atoms with Gasteiger partial charge in [-0.1, -0.05) is 12.1 Å². The highest BCUT2D eigenvalue weighted by molar-refractivity contribution is 6.22. The number of carbonyl (C=O) groups is 2. The van der Waals surface area contributed by atoms with Crippen LogP contribution in [-0.2, 0) is 6.67 Å². The lowest BCUT2D eigenvalue weighted by molar-refractivity contribution is -0.385. The first kappa shape index (κ1) is 13.7. The van der Waals surface area contributed by atoms with Gasteiger partial charge in [-0.25, -0.2) is 0 Å². The van der Waals surface area contributed by atoms with E-state index >= 15 is 0 Å². The first-order valence-electron chi connectivity index (χ1n) is 6.30. The molecule has 2 amide bonds. The second kappa shape index (κ2) is 4.92. The second-order valence-electron chi connectivity index (χ2n) is 4.65. The molecule has 0 saturated carbocycles. The number of hydrogen-bond acceptors (Lipinski definition) is 5. The number of nitrogens with zero attached hydrogens (tertiary/aromatic N) is 3. The van der Waals surface area contributed by atoms with Gasteiger partial charge < -0.3 is 0 Å². The Hall–Kier alpha value is -3.29. The molecule has 3 rings (SSSR count). The maximum Gasteiger partial charge on any atom is 0.282 e. The van der Waals surface area contributed by atoms with Crippen molar-refractivity contribution in [1.29, 1.82) is 0 Å². The highest BCUT2D eigenvalue weighted by Gasteiger charge is 2.40. The van der Waals surface area contributed by atoms with Crippen LogP contribution in [0.5, 0.6) is 0 Å². The fourth-order valence-electron chi connectivity index (χ4n) is 2.33. The van der Waals surface area contributed by atoms with E-state index in [1.165, 1.54) is 41.1 Å². The van der Waals surface area contributed by atoms with Gasteiger partial charge in [-0.05, 0) is 12.1 Å². The lowest BCUT2D eigenvalue weighted by atomic mass is 10.1. The van der Waals surface area contributed by atoms with E-state index in [-0.39, 0.29) is 23.4 Å². The van der Waals surface area contributed by atoms with Gasteiger partial charge in [0, 0.05) is 18.3 Å². The summed E-state index contributed by atoms with van der Waals surface area (Å²) in [5.74, 6) is -1.43. The predicted octanol–water partition coefficient (Wildman–Crippen LogP) is 1.01. The minimum absolute atomic E-state index is 0.0248. The molecule has 1 aliphatic heterocycles. The monoisotopic (exact) mass is 299 g/mol. The van der Waals surface area contributed by atoms with Gasteiger partial charge in [0.05, 0.1) is 10.5 Å². The third-order valence-corrected chi connectivity index (χ3v) is 3.37. The lowest BCUT2D eigenvalue weighted by Gasteiger charge is -2.15. The first-order chi connectivity index (χ1) is 10.5. The van der Waals surface area contributed by atoms with Crippen LogP contribution in [0.2, 0.25) is 0 Å². The van der Waals surface area contributed by atoms with E-state index in [2.05, 4.69) is 0 Å². The van der Waals surface area contributed by atoms with Crippen molar-refractivity contribution in [2.75, 3.05) is 0 Å². The summed E-state index contributed by atoms with van der Waals surface area (Å²) in [4.78, 5) is 47.4. The van der Waals surface area contributed by atoms with Gasteiger partial charge in [-0.2, -0.15) is 0 Å². The Kier molecular flexibility index (Phi) is 3.06. The van der Waals surface area contributed by atoms with Gasteiger partial charge in [0.2, 0.25) is 0 Å². The van der Waals surface area contributed by atoms with E-state index in [4.69, 9.17) is 0 Å². The van der Waals surface area contributed by atoms with Crippen molar-refractivity contribution in [2.24, 2.45) is 0 Å². The van der Waals surface area contributed by atoms with E-state index in [9.17, 15) is 24.5 Å². The number of nitro benzene ring substituents is 1. The van der Waals surface area contributed by atoms with Gasteiger partial charge in [0.15, 0.2) is 0 Å². The summed E-state index contributed by atoms with van der Waals surface area (Å²) in [7, 11) is 0. The molecule has 1 aromatic carbocycles. The first-order valence-corrected chi connectivity index (χ1v) is 6.30. The van der Waals surface area contributed by atoms with E-state index in [1.807, 2.05) is 0 Å². The Balaban J connectivity index is 2.04. The summed E-state index contributed by atoms with van der Waals surface area (Å²) in [6, 6.07) is 8.29. The topological polar surface area (TPSA) is 103 Å². The van der Waals surface area contributed by atoms with Crippen molar-refractivity contribution < 1.29 is 14.5 Å². The van der Waals surface area contributed by atoms with Crippen LogP contribution in [0.25, 0.3) is 0 Å². The molecule has 0 N–H and O–H groups in total. The van der Waals surface area contributed by atoms with Crippen molar-refractivity contribution in [3.63, 3.8) is 0 Å². The Morgan fingerprint density at radius 3 is 2.45 bits per heavy atom. The number of pyridine rings is 1. The van der Waals surface area contributed by atoms with Crippen LogP contribution >= 0.6 is 0 Å². The lowest BCUT2D eigenvalue weighted by Crippen LogP contribution is -2.35. The molecule has 0 bridgehead atoms.